The van der Waals surface area contributed by atoms with Crippen molar-refractivity contribution in [3.05, 3.63) is 35.9 Å². The van der Waals surface area contributed by atoms with E-state index in [4.69, 9.17) is 14.6 Å². The van der Waals surface area contributed by atoms with E-state index >= 15 is 0 Å². The van der Waals surface area contributed by atoms with Gasteiger partial charge in [0.1, 0.15) is 30.2 Å². The Morgan fingerprint density at radius 3 is 2.33 bits per heavy atom. The molecule has 2 rings (SSSR count). The SMILES string of the molecule is C/C=C/c1ccc(O[C@@H]2O[C@H](CO)[C@@H](O)[C@H](O)[C@H]2O)cc1. The highest BCUT2D eigenvalue weighted by molar-refractivity contribution is 5.50. The van der Waals surface area contributed by atoms with Gasteiger partial charge in [0.25, 0.3) is 0 Å². The van der Waals surface area contributed by atoms with Gasteiger partial charge in [0.2, 0.25) is 6.29 Å². The third-order valence-electron chi connectivity index (χ3n) is 3.34. The van der Waals surface area contributed by atoms with Crippen LogP contribution in [0.1, 0.15) is 12.5 Å². The van der Waals surface area contributed by atoms with Gasteiger partial charge in [-0.15, -0.1) is 0 Å². The highest BCUT2D eigenvalue weighted by atomic mass is 16.7. The normalized spacial score (nSPS) is 33.3. The van der Waals surface area contributed by atoms with Crippen molar-refractivity contribution in [1.82, 2.24) is 0 Å². The second-order valence-corrected chi connectivity index (χ2v) is 4.88. The Hall–Kier alpha value is -1.44. The lowest BCUT2D eigenvalue weighted by Crippen LogP contribution is -2.60. The summed E-state index contributed by atoms with van der Waals surface area (Å²) in [7, 11) is 0. The van der Waals surface area contributed by atoms with Crippen molar-refractivity contribution in [1.29, 1.82) is 0 Å². The van der Waals surface area contributed by atoms with E-state index in [2.05, 4.69) is 0 Å². The van der Waals surface area contributed by atoms with Crippen molar-refractivity contribution in [2.45, 2.75) is 37.6 Å². The molecule has 116 valence electrons. The van der Waals surface area contributed by atoms with Crippen LogP contribution < -0.4 is 4.74 Å². The fourth-order valence-electron chi connectivity index (χ4n) is 2.15. The maximum atomic E-state index is 9.87. The van der Waals surface area contributed by atoms with Gasteiger partial charge in [-0.2, -0.15) is 0 Å². The lowest BCUT2D eigenvalue weighted by Gasteiger charge is -2.39. The van der Waals surface area contributed by atoms with E-state index in [1.54, 1.807) is 12.1 Å². The molecule has 4 N–H and O–H groups in total. The van der Waals surface area contributed by atoms with Gasteiger partial charge in [-0.1, -0.05) is 24.3 Å². The van der Waals surface area contributed by atoms with Crippen molar-refractivity contribution < 1.29 is 29.9 Å². The van der Waals surface area contributed by atoms with E-state index in [0.29, 0.717) is 5.75 Å². The molecule has 6 nitrogen and oxygen atoms in total. The van der Waals surface area contributed by atoms with Gasteiger partial charge in [-0.3, -0.25) is 0 Å². The number of rotatable bonds is 4. The Balaban J connectivity index is 2.07. The molecule has 0 aliphatic carbocycles. The maximum absolute atomic E-state index is 9.87. The first-order chi connectivity index (χ1) is 10.1. The van der Waals surface area contributed by atoms with Crippen LogP contribution in [0.4, 0.5) is 0 Å². The first-order valence-corrected chi connectivity index (χ1v) is 6.76. The van der Waals surface area contributed by atoms with E-state index in [9.17, 15) is 15.3 Å². The van der Waals surface area contributed by atoms with Crippen LogP contribution in [-0.4, -0.2) is 57.7 Å². The minimum Gasteiger partial charge on any atom is -0.462 e. The van der Waals surface area contributed by atoms with Gasteiger partial charge >= 0.3 is 0 Å². The Labute approximate surface area is 122 Å². The summed E-state index contributed by atoms with van der Waals surface area (Å²) in [6.45, 7) is 1.43. The quantitative estimate of drug-likeness (QED) is 0.619. The molecule has 5 atom stereocenters. The van der Waals surface area contributed by atoms with Crippen LogP contribution in [0.5, 0.6) is 5.75 Å². The third-order valence-corrected chi connectivity index (χ3v) is 3.34. The number of aliphatic hydroxyl groups is 4. The fraction of sp³-hybridized carbons (Fsp3) is 0.467. The van der Waals surface area contributed by atoms with Gasteiger partial charge in [-0.05, 0) is 24.6 Å². The van der Waals surface area contributed by atoms with E-state index in [1.165, 1.54) is 0 Å². The van der Waals surface area contributed by atoms with E-state index in [-0.39, 0.29) is 0 Å². The molecule has 1 aromatic carbocycles. The van der Waals surface area contributed by atoms with Crippen LogP contribution in [0.25, 0.3) is 6.08 Å². The first-order valence-electron chi connectivity index (χ1n) is 6.76. The molecule has 1 heterocycles. The molecule has 0 unspecified atom stereocenters. The fourth-order valence-corrected chi connectivity index (χ4v) is 2.15. The Morgan fingerprint density at radius 2 is 1.76 bits per heavy atom. The van der Waals surface area contributed by atoms with Gasteiger partial charge in [0.05, 0.1) is 6.61 Å². The second kappa shape index (κ2) is 7.02. The molecule has 1 aromatic rings. The number of benzene rings is 1. The van der Waals surface area contributed by atoms with Crippen LogP contribution in [-0.2, 0) is 4.74 Å². The Bertz CT molecular complexity index is 470. The van der Waals surface area contributed by atoms with Gasteiger partial charge in [-0.25, -0.2) is 0 Å². The lowest BCUT2D eigenvalue weighted by atomic mass is 9.99. The molecular weight excluding hydrogens is 276 g/mol. The number of hydrogen-bond donors (Lipinski definition) is 4. The highest BCUT2D eigenvalue weighted by Gasteiger charge is 2.44. The minimum absolute atomic E-state index is 0.451. The molecule has 0 aromatic heterocycles. The predicted molar refractivity (Wildman–Crippen MR) is 75.5 cm³/mol. The number of ether oxygens (including phenoxy) is 2. The van der Waals surface area contributed by atoms with E-state index in [0.717, 1.165) is 5.56 Å². The standard InChI is InChI=1S/C15H20O6/c1-2-3-9-4-6-10(7-5-9)20-15-14(19)13(18)12(17)11(8-16)21-15/h2-7,11-19H,8H2,1H3/b3-2+/t11-,12-,13+,14-,15-/m1/s1. The highest BCUT2D eigenvalue weighted by Crippen LogP contribution is 2.24. The van der Waals surface area contributed by atoms with Crippen molar-refractivity contribution in [3.8, 4) is 5.75 Å². The summed E-state index contributed by atoms with van der Waals surface area (Å²) in [5, 5.41) is 38.3. The smallest absolute Gasteiger partial charge is 0.229 e. The summed E-state index contributed by atoms with van der Waals surface area (Å²) in [6, 6.07) is 7.08. The van der Waals surface area contributed by atoms with Crippen LogP contribution in [0, 0.1) is 0 Å². The molecule has 1 saturated heterocycles. The predicted octanol–water partition coefficient (Wildman–Crippen LogP) is -0.102. The summed E-state index contributed by atoms with van der Waals surface area (Å²) >= 11 is 0. The molecule has 0 saturated carbocycles. The summed E-state index contributed by atoms with van der Waals surface area (Å²) < 4.78 is 10.7. The number of hydrogen-bond acceptors (Lipinski definition) is 6. The Morgan fingerprint density at radius 1 is 1.10 bits per heavy atom. The largest absolute Gasteiger partial charge is 0.462 e. The second-order valence-electron chi connectivity index (χ2n) is 4.88. The van der Waals surface area contributed by atoms with Crippen LogP contribution in [0.15, 0.2) is 30.3 Å². The van der Waals surface area contributed by atoms with Crippen molar-refractivity contribution in [2.24, 2.45) is 0 Å². The first kappa shape index (κ1) is 15.9. The molecule has 0 radical (unpaired) electrons. The average Bonchev–Trinajstić information content (AvgIpc) is 2.50. The molecule has 0 bridgehead atoms. The maximum Gasteiger partial charge on any atom is 0.229 e. The summed E-state index contributed by atoms with van der Waals surface area (Å²) in [5.41, 5.74) is 0.999. The summed E-state index contributed by atoms with van der Waals surface area (Å²) in [6.07, 6.45) is -2.53. The van der Waals surface area contributed by atoms with Gasteiger partial charge in [0.15, 0.2) is 0 Å². The summed E-state index contributed by atoms with van der Waals surface area (Å²) in [4.78, 5) is 0. The zero-order valence-corrected chi connectivity index (χ0v) is 11.7. The zero-order chi connectivity index (χ0) is 15.4. The topological polar surface area (TPSA) is 99.4 Å². The molecule has 6 heteroatoms. The average molecular weight is 296 g/mol. The van der Waals surface area contributed by atoms with Crippen molar-refractivity contribution in [3.63, 3.8) is 0 Å². The molecular formula is C15H20O6. The number of aliphatic hydroxyl groups excluding tert-OH is 4. The minimum atomic E-state index is -1.44. The third kappa shape index (κ3) is 3.61. The van der Waals surface area contributed by atoms with Gasteiger partial charge in [0, 0.05) is 0 Å². The summed E-state index contributed by atoms with van der Waals surface area (Å²) in [5.74, 6) is 0.451. The molecule has 0 amide bonds. The molecule has 1 fully saturated rings. The lowest BCUT2D eigenvalue weighted by molar-refractivity contribution is -0.277. The zero-order valence-electron chi connectivity index (χ0n) is 11.7. The van der Waals surface area contributed by atoms with E-state index < -0.39 is 37.3 Å². The van der Waals surface area contributed by atoms with Crippen LogP contribution in [0.3, 0.4) is 0 Å². The monoisotopic (exact) mass is 296 g/mol. The van der Waals surface area contributed by atoms with Gasteiger partial charge < -0.3 is 29.9 Å². The molecule has 1 aliphatic rings. The van der Waals surface area contributed by atoms with Crippen LogP contribution >= 0.6 is 0 Å². The van der Waals surface area contributed by atoms with Crippen LogP contribution in [0.2, 0.25) is 0 Å². The van der Waals surface area contributed by atoms with Crippen molar-refractivity contribution in [2.75, 3.05) is 6.61 Å². The molecule has 21 heavy (non-hydrogen) atoms. The van der Waals surface area contributed by atoms with E-state index in [1.807, 2.05) is 31.2 Å². The molecule has 0 spiro atoms. The number of allylic oxidation sites excluding steroid dienone is 1. The molecule has 1 aliphatic heterocycles. The Kier molecular flexibility index (Phi) is 5.33. The van der Waals surface area contributed by atoms with Crippen molar-refractivity contribution >= 4 is 6.08 Å².